The lowest BCUT2D eigenvalue weighted by atomic mass is 10.2. The molecule has 0 fully saturated rings. The van der Waals surface area contributed by atoms with E-state index in [9.17, 15) is 4.79 Å². The molecule has 6 nitrogen and oxygen atoms in total. The fraction of sp³-hybridized carbons (Fsp3) is 0.500. The number of primary amides is 1. The van der Waals surface area contributed by atoms with Crippen molar-refractivity contribution in [1.82, 2.24) is 15.2 Å². The van der Waals surface area contributed by atoms with E-state index < -0.39 is 11.9 Å². The lowest BCUT2D eigenvalue weighted by Crippen LogP contribution is -2.36. The zero-order valence-electron chi connectivity index (χ0n) is 6.93. The van der Waals surface area contributed by atoms with Gasteiger partial charge in [-0.3, -0.25) is 9.89 Å². The van der Waals surface area contributed by atoms with Crippen LogP contribution < -0.4 is 11.5 Å². The highest BCUT2D eigenvalue weighted by molar-refractivity contribution is 7.99. The first-order valence-corrected chi connectivity index (χ1v) is 4.72. The van der Waals surface area contributed by atoms with Gasteiger partial charge in [-0.05, 0) is 6.42 Å². The summed E-state index contributed by atoms with van der Waals surface area (Å²) in [7, 11) is 0. The van der Waals surface area contributed by atoms with Gasteiger partial charge < -0.3 is 11.5 Å². The summed E-state index contributed by atoms with van der Waals surface area (Å²) in [6.45, 7) is 0. The minimum Gasteiger partial charge on any atom is -0.368 e. The van der Waals surface area contributed by atoms with Crippen molar-refractivity contribution in [2.45, 2.75) is 17.6 Å². The van der Waals surface area contributed by atoms with Crippen LogP contribution in [0.3, 0.4) is 0 Å². The number of aromatic amines is 1. The molecule has 0 aliphatic carbocycles. The summed E-state index contributed by atoms with van der Waals surface area (Å²) in [6, 6.07) is -0.574. The van der Waals surface area contributed by atoms with Gasteiger partial charge in [-0.25, -0.2) is 4.98 Å². The largest absolute Gasteiger partial charge is 0.368 e. The van der Waals surface area contributed by atoms with E-state index in [0.717, 1.165) is 5.16 Å². The lowest BCUT2D eigenvalue weighted by Gasteiger charge is -2.04. The van der Waals surface area contributed by atoms with Gasteiger partial charge in [0.2, 0.25) is 5.91 Å². The minimum absolute atomic E-state index is 0.474. The molecule has 0 saturated carbocycles. The molecule has 1 aromatic heterocycles. The normalized spacial score (nSPS) is 12.7. The molecule has 1 aromatic rings. The van der Waals surface area contributed by atoms with Gasteiger partial charge in [-0.1, -0.05) is 11.8 Å². The van der Waals surface area contributed by atoms with E-state index in [4.69, 9.17) is 11.5 Å². The molecule has 0 radical (unpaired) electrons. The first-order chi connectivity index (χ1) is 6.20. The molecule has 0 aliphatic heterocycles. The number of carbonyl (C=O) groups is 1. The van der Waals surface area contributed by atoms with Crippen LogP contribution in [0, 0.1) is 0 Å². The van der Waals surface area contributed by atoms with Gasteiger partial charge in [-0.15, -0.1) is 0 Å². The van der Waals surface area contributed by atoms with E-state index in [-0.39, 0.29) is 0 Å². The quantitative estimate of drug-likeness (QED) is 0.535. The summed E-state index contributed by atoms with van der Waals surface area (Å²) in [5.74, 6) is 0.220. The van der Waals surface area contributed by atoms with Gasteiger partial charge in [0.1, 0.15) is 6.33 Å². The number of hydrogen-bond donors (Lipinski definition) is 3. The van der Waals surface area contributed by atoms with E-state index in [1.54, 1.807) is 0 Å². The Labute approximate surface area is 79.5 Å². The molecule has 0 aliphatic rings. The van der Waals surface area contributed by atoms with Crippen molar-refractivity contribution in [3.05, 3.63) is 6.33 Å². The van der Waals surface area contributed by atoms with Gasteiger partial charge in [0.05, 0.1) is 6.04 Å². The number of nitrogens with zero attached hydrogens (tertiary/aromatic N) is 2. The average molecular weight is 201 g/mol. The van der Waals surface area contributed by atoms with Gasteiger partial charge in [0, 0.05) is 5.75 Å². The van der Waals surface area contributed by atoms with Crippen LogP contribution in [0.25, 0.3) is 0 Å². The van der Waals surface area contributed by atoms with Crippen molar-refractivity contribution in [3.8, 4) is 0 Å². The predicted molar refractivity (Wildman–Crippen MR) is 48.9 cm³/mol. The fourth-order valence-electron chi connectivity index (χ4n) is 0.689. The fourth-order valence-corrected chi connectivity index (χ4v) is 1.49. The van der Waals surface area contributed by atoms with Crippen LogP contribution in [0.15, 0.2) is 11.5 Å². The molecular weight excluding hydrogens is 190 g/mol. The van der Waals surface area contributed by atoms with E-state index in [1.807, 2.05) is 0 Å². The van der Waals surface area contributed by atoms with Crippen molar-refractivity contribution < 1.29 is 4.79 Å². The van der Waals surface area contributed by atoms with Crippen LogP contribution in [-0.2, 0) is 4.79 Å². The van der Waals surface area contributed by atoms with Gasteiger partial charge >= 0.3 is 0 Å². The third-order valence-corrected chi connectivity index (χ3v) is 2.34. The number of nitrogens with one attached hydrogen (secondary N) is 1. The molecule has 0 saturated heterocycles. The summed E-state index contributed by atoms with van der Waals surface area (Å²) in [5.41, 5.74) is 10.4. The van der Waals surface area contributed by atoms with E-state index >= 15 is 0 Å². The molecule has 13 heavy (non-hydrogen) atoms. The molecule has 1 rings (SSSR count). The molecule has 1 atom stereocenters. The topological polar surface area (TPSA) is 111 Å². The molecule has 1 heterocycles. The van der Waals surface area contributed by atoms with Crippen LogP contribution in [-0.4, -0.2) is 32.9 Å². The van der Waals surface area contributed by atoms with Crippen LogP contribution in [0.5, 0.6) is 0 Å². The number of carbonyl (C=O) groups excluding carboxylic acids is 1. The molecular formula is C6H11N5OS. The van der Waals surface area contributed by atoms with Crippen molar-refractivity contribution in [3.63, 3.8) is 0 Å². The molecule has 5 N–H and O–H groups in total. The minimum atomic E-state index is -0.574. The Bertz CT molecular complexity index is 262. The Balaban J connectivity index is 2.18. The van der Waals surface area contributed by atoms with Gasteiger partial charge in [0.25, 0.3) is 0 Å². The highest BCUT2D eigenvalue weighted by Crippen LogP contribution is 2.12. The summed E-state index contributed by atoms with van der Waals surface area (Å²) in [6.07, 6.45) is 1.97. The monoisotopic (exact) mass is 201 g/mol. The zero-order valence-corrected chi connectivity index (χ0v) is 7.75. The van der Waals surface area contributed by atoms with Crippen molar-refractivity contribution in [2.75, 3.05) is 5.75 Å². The summed E-state index contributed by atoms with van der Waals surface area (Å²) < 4.78 is 0. The second-order valence-electron chi connectivity index (χ2n) is 2.44. The molecule has 72 valence electrons. The van der Waals surface area contributed by atoms with Crippen molar-refractivity contribution in [1.29, 1.82) is 0 Å². The third-order valence-electron chi connectivity index (χ3n) is 1.43. The summed E-state index contributed by atoms with van der Waals surface area (Å²) in [4.78, 5) is 14.4. The molecule has 0 spiro atoms. The van der Waals surface area contributed by atoms with Crippen LogP contribution in [0.1, 0.15) is 6.42 Å². The Kier molecular flexibility index (Phi) is 3.71. The predicted octanol–water partition coefficient (Wildman–Crippen LogP) is -0.901. The first-order valence-electron chi connectivity index (χ1n) is 3.73. The maximum absolute atomic E-state index is 10.5. The number of thioether (sulfide) groups is 1. The maximum atomic E-state index is 10.5. The Morgan fingerprint density at radius 1 is 1.77 bits per heavy atom. The standard InChI is InChI=1S/C6H11N5OS/c7-4(5(8)12)1-2-13-6-9-3-10-11-6/h3-4H,1-2,7H2,(H2,8,12)(H,9,10,11). The first kappa shape index (κ1) is 10.0. The van der Waals surface area contributed by atoms with E-state index in [1.165, 1.54) is 18.1 Å². The van der Waals surface area contributed by atoms with Crippen molar-refractivity contribution in [2.24, 2.45) is 11.5 Å². The van der Waals surface area contributed by atoms with Crippen molar-refractivity contribution >= 4 is 17.7 Å². The average Bonchev–Trinajstić information content (AvgIpc) is 2.56. The molecule has 7 heteroatoms. The van der Waals surface area contributed by atoms with Gasteiger partial charge in [0.15, 0.2) is 5.16 Å². The van der Waals surface area contributed by atoms with E-state index in [0.29, 0.717) is 12.2 Å². The smallest absolute Gasteiger partial charge is 0.234 e. The van der Waals surface area contributed by atoms with Gasteiger partial charge in [-0.2, -0.15) is 5.10 Å². The number of amides is 1. The highest BCUT2D eigenvalue weighted by Gasteiger charge is 2.08. The molecule has 1 unspecified atom stereocenters. The highest BCUT2D eigenvalue weighted by atomic mass is 32.2. The summed E-state index contributed by atoms with van der Waals surface area (Å²) >= 11 is 1.46. The SMILES string of the molecule is NC(=O)C(N)CCSc1ncn[nH]1. The third kappa shape index (κ3) is 3.43. The lowest BCUT2D eigenvalue weighted by molar-refractivity contribution is -0.119. The maximum Gasteiger partial charge on any atom is 0.234 e. The molecule has 0 bridgehead atoms. The second kappa shape index (κ2) is 4.83. The van der Waals surface area contributed by atoms with Crippen LogP contribution >= 0.6 is 11.8 Å². The summed E-state index contributed by atoms with van der Waals surface area (Å²) in [5, 5.41) is 7.08. The number of H-pyrrole nitrogens is 1. The number of aromatic nitrogens is 3. The second-order valence-corrected chi connectivity index (χ2v) is 3.52. The molecule has 1 amide bonds. The Morgan fingerprint density at radius 2 is 2.54 bits per heavy atom. The molecule has 0 aromatic carbocycles. The van der Waals surface area contributed by atoms with Crippen LogP contribution in [0.4, 0.5) is 0 Å². The zero-order chi connectivity index (χ0) is 9.68. The number of hydrogen-bond acceptors (Lipinski definition) is 5. The number of rotatable bonds is 5. The Hall–Kier alpha value is -1.08. The Morgan fingerprint density at radius 3 is 3.08 bits per heavy atom. The van der Waals surface area contributed by atoms with E-state index in [2.05, 4.69) is 15.2 Å². The number of nitrogens with two attached hydrogens (primary N) is 2. The van der Waals surface area contributed by atoms with Crippen LogP contribution in [0.2, 0.25) is 0 Å².